The van der Waals surface area contributed by atoms with Gasteiger partial charge in [-0.25, -0.2) is 9.59 Å². The lowest BCUT2D eigenvalue weighted by molar-refractivity contribution is 0.0698. The minimum atomic E-state index is -1.08. The maximum absolute atomic E-state index is 11.7. The molecule has 0 radical (unpaired) electrons. The molecule has 3 N–H and O–H groups in total. The van der Waals surface area contributed by atoms with Gasteiger partial charge in [-0.3, -0.25) is 4.98 Å². The van der Waals surface area contributed by atoms with E-state index in [1.165, 1.54) is 17.4 Å². The normalized spacial score (nSPS) is 10.1. The molecule has 0 spiro atoms. The number of amides is 2. The van der Waals surface area contributed by atoms with Gasteiger partial charge in [-0.2, -0.15) is 0 Å². The number of urea groups is 1. The molecule has 0 unspecified atom stereocenters. The van der Waals surface area contributed by atoms with E-state index >= 15 is 0 Å². The first-order chi connectivity index (χ1) is 9.56. The van der Waals surface area contributed by atoms with E-state index in [1.54, 1.807) is 23.8 Å². The second-order valence-corrected chi connectivity index (χ2v) is 5.99. The van der Waals surface area contributed by atoms with Crippen LogP contribution >= 0.6 is 33.9 Å². The third-order valence-electron chi connectivity index (χ3n) is 2.37. The highest BCUT2D eigenvalue weighted by Gasteiger charge is 2.12. The molecule has 0 saturated heterocycles. The van der Waals surface area contributed by atoms with Crippen LogP contribution in [0, 0.1) is 3.57 Å². The summed E-state index contributed by atoms with van der Waals surface area (Å²) >= 11 is 3.45. The Morgan fingerprint density at radius 1 is 1.40 bits per heavy atom. The summed E-state index contributed by atoms with van der Waals surface area (Å²) < 4.78 is 0.788. The zero-order chi connectivity index (χ0) is 14.5. The molecular formula is C12H10IN3O3S. The number of carboxylic acids is 1. The summed E-state index contributed by atoms with van der Waals surface area (Å²) in [4.78, 5) is 27.7. The third-order valence-corrected chi connectivity index (χ3v) is 3.82. The van der Waals surface area contributed by atoms with Crippen LogP contribution in [-0.4, -0.2) is 22.1 Å². The van der Waals surface area contributed by atoms with Gasteiger partial charge >= 0.3 is 12.0 Å². The molecule has 1 heterocycles. The number of nitrogens with one attached hydrogen (secondary N) is 2. The fraction of sp³-hybridized carbons (Fsp3) is 0.0833. The number of benzene rings is 1. The summed E-state index contributed by atoms with van der Waals surface area (Å²) in [7, 11) is 0. The average Bonchev–Trinajstić information content (AvgIpc) is 2.91. The fourth-order valence-corrected chi connectivity index (χ4v) is 2.49. The Morgan fingerprint density at radius 3 is 2.85 bits per heavy atom. The minimum absolute atomic E-state index is 0.0600. The standard InChI is InChI=1S/C12H10IN3O3S/c13-7-1-2-10(9(3-7)11(17)18)16-12(19)15-5-8-4-14-6-20-8/h1-4,6H,5H2,(H,17,18)(H2,15,16,19). The lowest BCUT2D eigenvalue weighted by atomic mass is 10.2. The number of aromatic nitrogens is 1. The van der Waals surface area contributed by atoms with Crippen molar-refractivity contribution in [3.05, 3.63) is 43.9 Å². The van der Waals surface area contributed by atoms with E-state index in [1.807, 2.05) is 22.6 Å². The first-order valence-corrected chi connectivity index (χ1v) is 7.47. The van der Waals surface area contributed by atoms with Gasteiger partial charge in [0.05, 0.1) is 23.3 Å². The number of hydrogen-bond acceptors (Lipinski definition) is 4. The van der Waals surface area contributed by atoms with Crippen LogP contribution in [0.5, 0.6) is 0 Å². The maximum atomic E-state index is 11.7. The fourth-order valence-electron chi connectivity index (χ4n) is 1.47. The van der Waals surface area contributed by atoms with Crippen LogP contribution in [0.1, 0.15) is 15.2 Å². The Labute approximate surface area is 132 Å². The Kier molecular flexibility index (Phi) is 4.90. The summed E-state index contributed by atoms with van der Waals surface area (Å²) in [5.74, 6) is -1.08. The molecule has 0 aliphatic carbocycles. The van der Waals surface area contributed by atoms with E-state index in [9.17, 15) is 9.59 Å². The van der Waals surface area contributed by atoms with Gasteiger partial charge in [0.25, 0.3) is 0 Å². The predicted molar refractivity (Wildman–Crippen MR) is 84.1 cm³/mol. The monoisotopic (exact) mass is 403 g/mol. The molecule has 1 aromatic carbocycles. The first kappa shape index (κ1) is 14.7. The Hall–Kier alpha value is -1.68. The zero-order valence-corrected chi connectivity index (χ0v) is 13.1. The number of thiazole rings is 1. The summed E-state index contributed by atoms with van der Waals surface area (Å²) in [6, 6.07) is 4.34. The van der Waals surface area contributed by atoms with E-state index in [2.05, 4.69) is 15.6 Å². The minimum Gasteiger partial charge on any atom is -0.478 e. The van der Waals surface area contributed by atoms with Gasteiger partial charge in [0.15, 0.2) is 0 Å². The first-order valence-electron chi connectivity index (χ1n) is 5.51. The quantitative estimate of drug-likeness (QED) is 0.685. The number of nitrogens with zero attached hydrogens (tertiary/aromatic N) is 1. The van der Waals surface area contributed by atoms with Crippen LogP contribution in [0.2, 0.25) is 0 Å². The highest BCUT2D eigenvalue weighted by atomic mass is 127. The van der Waals surface area contributed by atoms with E-state index in [0.717, 1.165) is 8.45 Å². The van der Waals surface area contributed by atoms with Gasteiger partial charge in [-0.1, -0.05) is 0 Å². The molecule has 2 aromatic rings. The molecular weight excluding hydrogens is 393 g/mol. The van der Waals surface area contributed by atoms with Crippen LogP contribution < -0.4 is 10.6 Å². The van der Waals surface area contributed by atoms with Crippen LogP contribution in [0.25, 0.3) is 0 Å². The lowest BCUT2D eigenvalue weighted by Crippen LogP contribution is -2.28. The zero-order valence-electron chi connectivity index (χ0n) is 10.1. The number of anilines is 1. The Balaban J connectivity index is 2.02. The van der Waals surface area contributed by atoms with Crippen molar-refractivity contribution in [2.45, 2.75) is 6.54 Å². The average molecular weight is 403 g/mol. The number of carbonyl (C=O) groups is 2. The predicted octanol–water partition coefficient (Wildman–Crippen LogP) is 2.77. The van der Waals surface area contributed by atoms with E-state index in [-0.39, 0.29) is 11.3 Å². The summed E-state index contributed by atoms with van der Waals surface area (Å²) in [5, 5.41) is 14.3. The number of carboxylic acid groups (broad SMARTS) is 1. The van der Waals surface area contributed by atoms with E-state index < -0.39 is 12.0 Å². The number of rotatable bonds is 4. The second kappa shape index (κ2) is 6.66. The number of carbonyl (C=O) groups excluding carboxylic acids is 1. The molecule has 20 heavy (non-hydrogen) atoms. The topological polar surface area (TPSA) is 91.3 Å². The van der Waals surface area contributed by atoms with Crippen LogP contribution in [0.3, 0.4) is 0 Å². The largest absolute Gasteiger partial charge is 0.478 e. The van der Waals surface area contributed by atoms with Crippen LogP contribution in [0.15, 0.2) is 29.9 Å². The Bertz CT molecular complexity index is 631. The molecule has 0 aliphatic rings. The van der Waals surface area contributed by atoms with Gasteiger partial charge < -0.3 is 15.7 Å². The molecule has 104 valence electrons. The summed E-state index contributed by atoms with van der Waals surface area (Å²) in [6.45, 7) is 0.350. The molecule has 1 aromatic heterocycles. The number of halogens is 1. The molecule has 0 fully saturated rings. The van der Waals surface area contributed by atoms with Crippen molar-refractivity contribution in [3.63, 3.8) is 0 Å². The number of aromatic carboxylic acids is 1. The van der Waals surface area contributed by atoms with Gasteiger partial charge in [0.2, 0.25) is 0 Å². The molecule has 0 saturated carbocycles. The molecule has 0 bridgehead atoms. The SMILES string of the molecule is O=C(NCc1cncs1)Nc1ccc(I)cc1C(=O)O. The molecule has 8 heteroatoms. The van der Waals surface area contributed by atoms with Crippen molar-refractivity contribution >= 4 is 51.6 Å². The smallest absolute Gasteiger partial charge is 0.337 e. The second-order valence-electron chi connectivity index (χ2n) is 3.77. The van der Waals surface area contributed by atoms with Crippen LogP contribution in [-0.2, 0) is 6.54 Å². The molecule has 2 rings (SSSR count). The molecule has 6 nitrogen and oxygen atoms in total. The van der Waals surface area contributed by atoms with E-state index in [0.29, 0.717) is 6.54 Å². The Morgan fingerprint density at radius 2 is 2.20 bits per heavy atom. The molecule has 0 atom stereocenters. The highest BCUT2D eigenvalue weighted by Crippen LogP contribution is 2.19. The van der Waals surface area contributed by atoms with Gasteiger partial charge in [0, 0.05) is 14.6 Å². The van der Waals surface area contributed by atoms with Crippen LogP contribution in [0.4, 0.5) is 10.5 Å². The van der Waals surface area contributed by atoms with Crippen molar-refractivity contribution in [1.82, 2.24) is 10.3 Å². The van der Waals surface area contributed by atoms with Gasteiger partial charge in [-0.05, 0) is 40.8 Å². The van der Waals surface area contributed by atoms with Crippen molar-refractivity contribution in [1.29, 1.82) is 0 Å². The van der Waals surface area contributed by atoms with Crippen molar-refractivity contribution in [2.75, 3.05) is 5.32 Å². The maximum Gasteiger partial charge on any atom is 0.337 e. The van der Waals surface area contributed by atoms with Gasteiger partial charge in [0.1, 0.15) is 0 Å². The van der Waals surface area contributed by atoms with Gasteiger partial charge in [-0.15, -0.1) is 11.3 Å². The van der Waals surface area contributed by atoms with Crippen molar-refractivity contribution in [3.8, 4) is 0 Å². The summed E-state index contributed by atoms with van der Waals surface area (Å²) in [5.41, 5.74) is 2.00. The van der Waals surface area contributed by atoms with Crippen molar-refractivity contribution in [2.24, 2.45) is 0 Å². The molecule has 0 aliphatic heterocycles. The van der Waals surface area contributed by atoms with E-state index in [4.69, 9.17) is 5.11 Å². The molecule has 2 amide bonds. The third kappa shape index (κ3) is 3.90. The lowest BCUT2D eigenvalue weighted by Gasteiger charge is -2.09. The van der Waals surface area contributed by atoms with Crippen molar-refractivity contribution < 1.29 is 14.7 Å². The highest BCUT2D eigenvalue weighted by molar-refractivity contribution is 14.1. The number of hydrogen-bond donors (Lipinski definition) is 3. The summed E-state index contributed by atoms with van der Waals surface area (Å²) in [6.07, 6.45) is 1.67.